The Morgan fingerprint density at radius 1 is 1.18 bits per heavy atom. The van der Waals surface area contributed by atoms with E-state index in [1.807, 2.05) is 57.4 Å². The standard InChI is InChI=1S/C25H40N2O6S/c1-25(2,3)33-24(29)27-15-19-11-12-21(31-17-18-9-7-6-8-10-18)22(32-19)16-26-20(13-14-34-5)23(28)30-4/h6-10,19-22,26H,11-17H2,1-5H3,(H,27,29)/t19-,20+,21+,22-/m1/s1. The Morgan fingerprint density at radius 3 is 2.56 bits per heavy atom. The number of hydrogen-bond acceptors (Lipinski definition) is 8. The number of ether oxygens (including phenoxy) is 4. The van der Waals surface area contributed by atoms with Crippen molar-refractivity contribution in [1.82, 2.24) is 10.6 Å². The van der Waals surface area contributed by atoms with Crippen molar-refractivity contribution in [2.75, 3.05) is 32.2 Å². The van der Waals surface area contributed by atoms with E-state index in [1.165, 1.54) is 7.11 Å². The lowest BCUT2D eigenvalue weighted by molar-refractivity contribution is -0.148. The predicted octanol–water partition coefficient (Wildman–Crippen LogP) is 3.53. The highest BCUT2D eigenvalue weighted by Crippen LogP contribution is 2.23. The normalized spacial score (nSPS) is 21.5. The molecule has 1 saturated heterocycles. The van der Waals surface area contributed by atoms with Gasteiger partial charge in [-0.15, -0.1) is 0 Å². The molecule has 34 heavy (non-hydrogen) atoms. The van der Waals surface area contributed by atoms with Crippen LogP contribution in [0.25, 0.3) is 0 Å². The van der Waals surface area contributed by atoms with Gasteiger partial charge >= 0.3 is 12.1 Å². The lowest BCUT2D eigenvalue weighted by Gasteiger charge is -2.37. The molecule has 0 bridgehead atoms. The SMILES string of the molecule is COC(=O)[C@H](CCSC)NC[C@H]1O[C@@H](CNC(=O)OC(C)(C)C)CC[C@@H]1OCc1ccccc1. The molecule has 1 fully saturated rings. The maximum absolute atomic E-state index is 12.2. The van der Waals surface area contributed by atoms with Crippen LogP contribution in [0.4, 0.5) is 4.79 Å². The summed E-state index contributed by atoms with van der Waals surface area (Å²) in [6.45, 7) is 6.76. The highest BCUT2D eigenvalue weighted by Gasteiger charge is 2.33. The number of benzene rings is 1. The van der Waals surface area contributed by atoms with Gasteiger partial charge in [-0.25, -0.2) is 4.79 Å². The van der Waals surface area contributed by atoms with Gasteiger partial charge in [-0.3, -0.25) is 4.79 Å². The van der Waals surface area contributed by atoms with Crippen LogP contribution in [0.5, 0.6) is 0 Å². The minimum Gasteiger partial charge on any atom is -0.468 e. The van der Waals surface area contributed by atoms with E-state index in [4.69, 9.17) is 18.9 Å². The molecule has 192 valence electrons. The summed E-state index contributed by atoms with van der Waals surface area (Å²) in [5.74, 6) is 0.559. The number of alkyl carbamates (subject to hydrolysis) is 1. The first-order valence-electron chi connectivity index (χ1n) is 11.8. The summed E-state index contributed by atoms with van der Waals surface area (Å²) in [5, 5.41) is 6.11. The lowest BCUT2D eigenvalue weighted by atomic mass is 10.00. The Bertz CT molecular complexity index is 743. The van der Waals surface area contributed by atoms with Crippen molar-refractivity contribution >= 4 is 23.8 Å². The zero-order chi connectivity index (χ0) is 25.0. The number of hydrogen-bond donors (Lipinski definition) is 2. The number of thioether (sulfide) groups is 1. The Balaban J connectivity index is 1.98. The van der Waals surface area contributed by atoms with Crippen LogP contribution in [-0.2, 0) is 30.3 Å². The van der Waals surface area contributed by atoms with Crippen LogP contribution in [0.1, 0.15) is 45.6 Å². The van der Waals surface area contributed by atoms with E-state index in [-0.39, 0.29) is 24.3 Å². The van der Waals surface area contributed by atoms with Crippen molar-refractivity contribution in [3.63, 3.8) is 0 Å². The van der Waals surface area contributed by atoms with E-state index in [0.29, 0.717) is 26.1 Å². The first-order chi connectivity index (χ1) is 16.2. The zero-order valence-electron chi connectivity index (χ0n) is 21.0. The van der Waals surface area contributed by atoms with E-state index < -0.39 is 17.7 Å². The summed E-state index contributed by atoms with van der Waals surface area (Å²) >= 11 is 1.68. The van der Waals surface area contributed by atoms with Crippen molar-refractivity contribution < 1.29 is 28.5 Å². The fraction of sp³-hybridized carbons (Fsp3) is 0.680. The highest BCUT2D eigenvalue weighted by atomic mass is 32.2. The van der Waals surface area contributed by atoms with Gasteiger partial charge in [0.2, 0.25) is 0 Å². The number of esters is 1. The van der Waals surface area contributed by atoms with Crippen LogP contribution in [-0.4, -0.2) is 74.2 Å². The Labute approximate surface area is 207 Å². The molecule has 0 unspecified atom stereocenters. The third-order valence-electron chi connectivity index (χ3n) is 5.40. The van der Waals surface area contributed by atoms with Crippen molar-refractivity contribution in [3.8, 4) is 0 Å². The molecule has 1 aromatic rings. The van der Waals surface area contributed by atoms with E-state index >= 15 is 0 Å². The molecule has 1 heterocycles. The summed E-state index contributed by atoms with van der Waals surface area (Å²) in [5.41, 5.74) is 0.537. The highest BCUT2D eigenvalue weighted by molar-refractivity contribution is 7.98. The molecular weight excluding hydrogens is 456 g/mol. The molecule has 2 rings (SSSR count). The Kier molecular flexibility index (Phi) is 12.2. The van der Waals surface area contributed by atoms with Gasteiger partial charge in [-0.2, -0.15) is 11.8 Å². The van der Waals surface area contributed by atoms with E-state index in [0.717, 1.165) is 24.2 Å². The zero-order valence-corrected chi connectivity index (χ0v) is 21.8. The molecule has 0 saturated carbocycles. The van der Waals surface area contributed by atoms with Crippen LogP contribution in [0.15, 0.2) is 30.3 Å². The molecule has 4 atom stereocenters. The van der Waals surface area contributed by atoms with E-state index in [1.54, 1.807) is 11.8 Å². The molecule has 1 aliphatic heterocycles. The van der Waals surface area contributed by atoms with Gasteiger partial charge in [0.1, 0.15) is 11.6 Å². The van der Waals surface area contributed by atoms with Crippen LogP contribution in [0, 0.1) is 0 Å². The molecule has 1 aromatic carbocycles. The van der Waals surface area contributed by atoms with Crippen LogP contribution in [0.3, 0.4) is 0 Å². The fourth-order valence-corrected chi connectivity index (χ4v) is 4.16. The molecule has 1 aliphatic rings. The number of carbonyl (C=O) groups excluding carboxylic acids is 2. The monoisotopic (exact) mass is 496 g/mol. The largest absolute Gasteiger partial charge is 0.468 e. The second-order valence-electron chi connectivity index (χ2n) is 9.36. The minimum absolute atomic E-state index is 0.135. The van der Waals surface area contributed by atoms with Gasteiger partial charge in [-0.1, -0.05) is 30.3 Å². The topological polar surface area (TPSA) is 95.1 Å². The van der Waals surface area contributed by atoms with Gasteiger partial charge in [0, 0.05) is 13.1 Å². The van der Waals surface area contributed by atoms with Gasteiger partial charge < -0.3 is 29.6 Å². The molecular formula is C25H40N2O6S. The molecule has 2 N–H and O–H groups in total. The number of carbonyl (C=O) groups is 2. The second kappa shape index (κ2) is 14.6. The van der Waals surface area contributed by atoms with Crippen molar-refractivity contribution in [3.05, 3.63) is 35.9 Å². The summed E-state index contributed by atoms with van der Waals surface area (Å²) in [6, 6.07) is 9.60. The summed E-state index contributed by atoms with van der Waals surface area (Å²) in [4.78, 5) is 24.3. The first kappa shape index (κ1) is 28.4. The maximum Gasteiger partial charge on any atom is 0.407 e. The molecule has 8 nitrogen and oxygen atoms in total. The van der Waals surface area contributed by atoms with Gasteiger partial charge in [0.05, 0.1) is 32.0 Å². The average Bonchev–Trinajstić information content (AvgIpc) is 2.81. The predicted molar refractivity (Wildman–Crippen MR) is 134 cm³/mol. The molecule has 0 aliphatic carbocycles. The Hall–Kier alpha value is -1.81. The molecule has 9 heteroatoms. The summed E-state index contributed by atoms with van der Waals surface area (Å²) in [6.07, 6.45) is 3.17. The minimum atomic E-state index is -0.556. The third-order valence-corrected chi connectivity index (χ3v) is 6.04. The number of rotatable bonds is 12. The number of nitrogens with one attached hydrogen (secondary N) is 2. The second-order valence-corrected chi connectivity index (χ2v) is 10.3. The fourth-order valence-electron chi connectivity index (χ4n) is 3.69. The first-order valence-corrected chi connectivity index (χ1v) is 13.2. The quantitative estimate of drug-likeness (QED) is 0.425. The summed E-state index contributed by atoms with van der Waals surface area (Å²) in [7, 11) is 1.40. The maximum atomic E-state index is 12.2. The van der Waals surface area contributed by atoms with E-state index in [9.17, 15) is 9.59 Å². The van der Waals surface area contributed by atoms with Crippen molar-refractivity contribution in [2.45, 2.75) is 76.6 Å². The molecule has 0 spiro atoms. The molecule has 0 aromatic heterocycles. The van der Waals surface area contributed by atoms with E-state index in [2.05, 4.69) is 10.6 Å². The van der Waals surface area contributed by atoms with Crippen molar-refractivity contribution in [2.24, 2.45) is 0 Å². The third kappa shape index (κ3) is 10.6. The lowest BCUT2D eigenvalue weighted by Crippen LogP contribution is -2.51. The van der Waals surface area contributed by atoms with Gasteiger partial charge in [0.25, 0.3) is 0 Å². The summed E-state index contributed by atoms with van der Waals surface area (Å²) < 4.78 is 22.8. The van der Waals surface area contributed by atoms with Crippen LogP contribution in [0.2, 0.25) is 0 Å². The van der Waals surface area contributed by atoms with Crippen LogP contribution >= 0.6 is 11.8 Å². The van der Waals surface area contributed by atoms with Gasteiger partial charge in [0.15, 0.2) is 0 Å². The van der Waals surface area contributed by atoms with Crippen LogP contribution < -0.4 is 10.6 Å². The molecule has 0 radical (unpaired) electrons. The smallest absolute Gasteiger partial charge is 0.407 e. The average molecular weight is 497 g/mol. The van der Waals surface area contributed by atoms with Gasteiger partial charge in [-0.05, 0) is 57.6 Å². The number of amides is 1. The Morgan fingerprint density at radius 2 is 1.91 bits per heavy atom. The van der Waals surface area contributed by atoms with Crippen molar-refractivity contribution in [1.29, 1.82) is 0 Å². The molecule has 1 amide bonds. The number of methoxy groups -OCH3 is 1.